The minimum absolute atomic E-state index is 0. The summed E-state index contributed by atoms with van der Waals surface area (Å²) in [5.41, 5.74) is 6.62. The van der Waals surface area contributed by atoms with Gasteiger partial charge < -0.3 is 10.6 Å². The van der Waals surface area contributed by atoms with Crippen molar-refractivity contribution in [2.45, 2.75) is 13.8 Å². The summed E-state index contributed by atoms with van der Waals surface area (Å²) in [6.07, 6.45) is 0. The maximum atomic E-state index is 13.3. The second-order valence-corrected chi connectivity index (χ2v) is 6.86. The molecular formula is C19H22ClF3N2O. The Morgan fingerprint density at radius 2 is 1.54 bits per heavy atom. The third-order valence-corrected chi connectivity index (χ3v) is 4.01. The Bertz CT molecular complexity index is 756. The highest BCUT2D eigenvalue weighted by molar-refractivity contribution is 5.94. The molecule has 0 fully saturated rings. The van der Waals surface area contributed by atoms with E-state index in [-0.39, 0.29) is 29.3 Å². The first-order valence-electron chi connectivity index (χ1n) is 7.85. The van der Waals surface area contributed by atoms with Crippen molar-refractivity contribution in [1.82, 2.24) is 4.90 Å². The van der Waals surface area contributed by atoms with Crippen molar-refractivity contribution in [3.05, 3.63) is 59.4 Å². The van der Waals surface area contributed by atoms with Crippen molar-refractivity contribution in [3.63, 3.8) is 0 Å². The van der Waals surface area contributed by atoms with Crippen LogP contribution in [0.5, 0.6) is 0 Å². The third-order valence-electron chi connectivity index (χ3n) is 4.01. The zero-order valence-corrected chi connectivity index (χ0v) is 15.7. The molecule has 7 heteroatoms. The first-order chi connectivity index (χ1) is 11.6. The van der Waals surface area contributed by atoms with Crippen molar-refractivity contribution >= 4 is 18.3 Å². The molecule has 0 spiro atoms. The van der Waals surface area contributed by atoms with E-state index in [1.807, 2.05) is 13.8 Å². The number of hydrogen-bond acceptors (Lipinski definition) is 2. The van der Waals surface area contributed by atoms with Gasteiger partial charge in [0.25, 0.3) is 5.91 Å². The number of nitrogens with zero attached hydrogens (tertiary/aromatic N) is 1. The second kappa shape index (κ2) is 8.56. The standard InChI is InChI=1S/C19H21F3N2O.ClH/c1-19(2,10-23)11-24(3)18(25)13-6-4-12(5-7-13)14-8-15(20)17(22)16(21)9-14;/h4-9H,10-11,23H2,1-3H3;1H. The van der Waals surface area contributed by atoms with Gasteiger partial charge in [0, 0.05) is 19.2 Å². The maximum Gasteiger partial charge on any atom is 0.253 e. The Balaban J connectivity index is 0.00000338. The molecule has 2 N–H and O–H groups in total. The Labute approximate surface area is 157 Å². The molecule has 0 aliphatic rings. The first kappa shape index (κ1) is 22.0. The van der Waals surface area contributed by atoms with Crippen molar-refractivity contribution in [1.29, 1.82) is 0 Å². The van der Waals surface area contributed by atoms with Gasteiger partial charge in [-0.25, -0.2) is 13.2 Å². The number of nitrogens with two attached hydrogens (primary N) is 1. The van der Waals surface area contributed by atoms with E-state index in [9.17, 15) is 18.0 Å². The zero-order chi connectivity index (χ0) is 18.8. The summed E-state index contributed by atoms with van der Waals surface area (Å²) < 4.78 is 39.7. The molecule has 0 bridgehead atoms. The van der Waals surface area contributed by atoms with Gasteiger partial charge in [0.15, 0.2) is 17.5 Å². The molecule has 0 saturated heterocycles. The Kier molecular flexibility index (Phi) is 7.24. The summed E-state index contributed by atoms with van der Waals surface area (Å²) in [5.74, 6) is -4.18. The molecule has 0 radical (unpaired) electrons. The minimum atomic E-state index is -1.50. The van der Waals surface area contributed by atoms with Gasteiger partial charge in [0.05, 0.1) is 0 Å². The molecule has 0 atom stereocenters. The zero-order valence-electron chi connectivity index (χ0n) is 14.9. The summed E-state index contributed by atoms with van der Waals surface area (Å²) in [4.78, 5) is 14.0. The fourth-order valence-corrected chi connectivity index (χ4v) is 2.53. The highest BCUT2D eigenvalue weighted by Crippen LogP contribution is 2.24. The Hall–Kier alpha value is -2.05. The molecule has 2 rings (SSSR count). The predicted octanol–water partition coefficient (Wildman–Crippen LogP) is 4.25. The van der Waals surface area contributed by atoms with Crippen LogP contribution in [0.15, 0.2) is 36.4 Å². The van der Waals surface area contributed by atoms with E-state index in [0.29, 0.717) is 24.2 Å². The fourth-order valence-electron chi connectivity index (χ4n) is 2.53. The number of benzene rings is 2. The Morgan fingerprint density at radius 3 is 2.00 bits per heavy atom. The molecule has 0 heterocycles. The van der Waals surface area contributed by atoms with Gasteiger partial charge in [-0.2, -0.15) is 0 Å². The molecule has 0 aromatic heterocycles. The second-order valence-electron chi connectivity index (χ2n) is 6.86. The van der Waals surface area contributed by atoms with E-state index >= 15 is 0 Å². The molecule has 0 aliphatic carbocycles. The molecule has 3 nitrogen and oxygen atoms in total. The van der Waals surface area contributed by atoms with Crippen LogP contribution in [0.3, 0.4) is 0 Å². The number of carbonyl (C=O) groups excluding carboxylic acids is 1. The molecule has 142 valence electrons. The number of carbonyl (C=O) groups is 1. The van der Waals surface area contributed by atoms with Crippen molar-refractivity contribution in [3.8, 4) is 11.1 Å². The van der Waals surface area contributed by atoms with Crippen molar-refractivity contribution < 1.29 is 18.0 Å². The normalized spacial score (nSPS) is 11.0. The van der Waals surface area contributed by atoms with Crippen LogP contribution in [0.1, 0.15) is 24.2 Å². The summed E-state index contributed by atoms with van der Waals surface area (Å²) in [5, 5.41) is 0. The summed E-state index contributed by atoms with van der Waals surface area (Å²) in [6.45, 7) is 4.89. The third kappa shape index (κ3) is 4.99. The SMILES string of the molecule is CN(CC(C)(C)CN)C(=O)c1ccc(-c2cc(F)c(F)c(F)c2)cc1.Cl. The number of amides is 1. The van der Waals surface area contributed by atoms with Gasteiger partial charge in [0.2, 0.25) is 0 Å². The number of rotatable bonds is 5. The topological polar surface area (TPSA) is 46.3 Å². The summed E-state index contributed by atoms with van der Waals surface area (Å²) >= 11 is 0. The van der Waals surface area contributed by atoms with Gasteiger partial charge in [0.1, 0.15) is 0 Å². The molecule has 2 aromatic rings. The lowest BCUT2D eigenvalue weighted by molar-refractivity contribution is 0.0740. The van der Waals surface area contributed by atoms with Crippen LogP contribution in [-0.4, -0.2) is 30.9 Å². The summed E-state index contributed by atoms with van der Waals surface area (Å²) in [6, 6.07) is 8.13. The van der Waals surface area contributed by atoms with Crippen LogP contribution >= 0.6 is 12.4 Å². The van der Waals surface area contributed by atoms with Gasteiger partial charge in [-0.3, -0.25) is 4.79 Å². The van der Waals surface area contributed by atoms with Crippen LogP contribution in [0.2, 0.25) is 0 Å². The molecule has 0 unspecified atom stereocenters. The van der Waals surface area contributed by atoms with Crippen molar-refractivity contribution in [2.75, 3.05) is 20.1 Å². The van der Waals surface area contributed by atoms with Gasteiger partial charge in [-0.05, 0) is 47.4 Å². The molecule has 2 aromatic carbocycles. The quantitative estimate of drug-likeness (QED) is 0.781. The predicted molar refractivity (Wildman–Crippen MR) is 98.8 cm³/mol. The number of hydrogen-bond donors (Lipinski definition) is 1. The highest BCUT2D eigenvalue weighted by Gasteiger charge is 2.22. The lowest BCUT2D eigenvalue weighted by atomic mass is 9.93. The van der Waals surface area contributed by atoms with Gasteiger partial charge in [-0.1, -0.05) is 26.0 Å². The van der Waals surface area contributed by atoms with Crippen LogP contribution in [-0.2, 0) is 0 Å². The average molecular weight is 387 g/mol. The van der Waals surface area contributed by atoms with E-state index in [1.165, 1.54) is 0 Å². The monoisotopic (exact) mass is 386 g/mol. The van der Waals surface area contributed by atoms with E-state index < -0.39 is 17.5 Å². The van der Waals surface area contributed by atoms with E-state index in [2.05, 4.69) is 0 Å². The maximum absolute atomic E-state index is 13.3. The van der Waals surface area contributed by atoms with Crippen LogP contribution in [0, 0.1) is 22.9 Å². The van der Waals surface area contributed by atoms with Gasteiger partial charge in [-0.15, -0.1) is 12.4 Å². The van der Waals surface area contributed by atoms with Crippen LogP contribution in [0.4, 0.5) is 13.2 Å². The lowest BCUT2D eigenvalue weighted by Gasteiger charge is -2.29. The first-order valence-corrected chi connectivity index (χ1v) is 7.85. The molecule has 26 heavy (non-hydrogen) atoms. The lowest BCUT2D eigenvalue weighted by Crippen LogP contribution is -2.39. The van der Waals surface area contributed by atoms with E-state index in [4.69, 9.17) is 5.73 Å². The van der Waals surface area contributed by atoms with Gasteiger partial charge >= 0.3 is 0 Å². The fraction of sp³-hybridized carbons (Fsp3) is 0.316. The largest absolute Gasteiger partial charge is 0.341 e. The molecule has 0 saturated carbocycles. The Morgan fingerprint density at radius 1 is 1.04 bits per heavy atom. The van der Waals surface area contributed by atoms with Crippen LogP contribution < -0.4 is 5.73 Å². The molecule has 0 aliphatic heterocycles. The van der Waals surface area contributed by atoms with E-state index in [1.54, 1.807) is 36.2 Å². The molecular weight excluding hydrogens is 365 g/mol. The van der Waals surface area contributed by atoms with Crippen molar-refractivity contribution in [2.24, 2.45) is 11.1 Å². The average Bonchev–Trinajstić information content (AvgIpc) is 2.58. The van der Waals surface area contributed by atoms with E-state index in [0.717, 1.165) is 12.1 Å². The van der Waals surface area contributed by atoms with Crippen LogP contribution in [0.25, 0.3) is 11.1 Å². The smallest absolute Gasteiger partial charge is 0.253 e. The minimum Gasteiger partial charge on any atom is -0.341 e. The number of halogens is 4. The summed E-state index contributed by atoms with van der Waals surface area (Å²) in [7, 11) is 1.69. The highest BCUT2D eigenvalue weighted by atomic mass is 35.5. The molecule has 1 amide bonds.